The van der Waals surface area contributed by atoms with E-state index >= 15 is 0 Å². The monoisotopic (exact) mass is 394 g/mol. The summed E-state index contributed by atoms with van der Waals surface area (Å²) in [5.41, 5.74) is 0. The molecule has 0 aliphatic heterocycles. The molecule has 0 heterocycles. The highest BCUT2D eigenvalue weighted by Crippen LogP contribution is 2.25. The quantitative estimate of drug-likeness (QED) is 0.322. The van der Waals surface area contributed by atoms with Gasteiger partial charge in [0.05, 0.1) is 11.8 Å². The van der Waals surface area contributed by atoms with Gasteiger partial charge in [-0.25, -0.2) is 0 Å². The van der Waals surface area contributed by atoms with E-state index in [0.29, 0.717) is 12.8 Å². The fourth-order valence-electron chi connectivity index (χ4n) is 4.06. The summed E-state index contributed by atoms with van der Waals surface area (Å²) in [5, 5.41) is 0. The van der Waals surface area contributed by atoms with E-state index in [0.717, 1.165) is 77.0 Å². The summed E-state index contributed by atoms with van der Waals surface area (Å²) in [6.45, 7) is 0. The van der Waals surface area contributed by atoms with Crippen LogP contribution in [0.4, 0.5) is 0 Å². The molecule has 6 heteroatoms. The number of hydrogen-bond donors (Lipinski definition) is 0. The molecule has 2 aliphatic rings. The van der Waals surface area contributed by atoms with Crippen LogP contribution in [0.3, 0.4) is 0 Å². The van der Waals surface area contributed by atoms with Gasteiger partial charge >= 0.3 is 23.9 Å². The third-order valence-electron chi connectivity index (χ3n) is 5.82. The Labute approximate surface area is 167 Å². The van der Waals surface area contributed by atoms with E-state index < -0.39 is 11.9 Å². The lowest BCUT2D eigenvalue weighted by Gasteiger charge is -2.19. The van der Waals surface area contributed by atoms with Crippen molar-refractivity contribution in [3.05, 3.63) is 0 Å². The molecule has 2 rings (SSSR count). The number of unbranched alkanes of at least 4 members (excludes halogenated alkanes) is 3. The topological polar surface area (TPSA) is 86.7 Å². The molecule has 2 aliphatic carbocycles. The molecule has 0 atom stereocenters. The van der Waals surface area contributed by atoms with Crippen LogP contribution in [0, 0.1) is 11.8 Å². The molecule has 0 unspecified atom stereocenters. The normalized spacial score (nSPS) is 18.4. The predicted molar refractivity (Wildman–Crippen MR) is 103 cm³/mol. The van der Waals surface area contributed by atoms with Crippen molar-refractivity contribution >= 4 is 23.9 Å². The third-order valence-corrected chi connectivity index (χ3v) is 5.82. The molecule has 2 fully saturated rings. The van der Waals surface area contributed by atoms with Crippen molar-refractivity contribution in [1.82, 2.24) is 0 Å². The highest BCUT2D eigenvalue weighted by Gasteiger charge is 2.25. The average molecular weight is 395 g/mol. The number of hydrogen-bond acceptors (Lipinski definition) is 6. The fraction of sp³-hybridized carbons (Fsp3) is 0.818. The van der Waals surface area contributed by atoms with Gasteiger partial charge in [0.15, 0.2) is 0 Å². The molecule has 0 bridgehead atoms. The lowest BCUT2D eigenvalue weighted by molar-refractivity contribution is -0.165. The molecule has 0 aromatic heterocycles. The average Bonchev–Trinajstić information content (AvgIpc) is 2.71. The Bertz CT molecular complexity index is 481. The number of carbonyl (C=O) groups excluding carboxylic acids is 4. The summed E-state index contributed by atoms with van der Waals surface area (Å²) in [6.07, 6.45) is 13.0. The molecular formula is C22H34O6. The van der Waals surface area contributed by atoms with Gasteiger partial charge in [-0.3, -0.25) is 19.2 Å². The van der Waals surface area contributed by atoms with Gasteiger partial charge in [0.25, 0.3) is 0 Å². The Morgan fingerprint density at radius 1 is 0.536 bits per heavy atom. The van der Waals surface area contributed by atoms with E-state index in [1.807, 2.05) is 0 Å². The van der Waals surface area contributed by atoms with Crippen LogP contribution in [0.5, 0.6) is 0 Å². The molecule has 6 nitrogen and oxygen atoms in total. The molecule has 28 heavy (non-hydrogen) atoms. The van der Waals surface area contributed by atoms with Gasteiger partial charge < -0.3 is 9.47 Å². The van der Waals surface area contributed by atoms with Crippen molar-refractivity contribution in [2.75, 3.05) is 0 Å². The van der Waals surface area contributed by atoms with Crippen LogP contribution in [-0.4, -0.2) is 23.9 Å². The Morgan fingerprint density at radius 2 is 0.893 bits per heavy atom. The van der Waals surface area contributed by atoms with E-state index in [1.54, 1.807) is 0 Å². The third kappa shape index (κ3) is 8.53. The molecule has 0 spiro atoms. The maximum Gasteiger partial charge on any atom is 0.316 e. The van der Waals surface area contributed by atoms with Crippen molar-refractivity contribution in [3.63, 3.8) is 0 Å². The van der Waals surface area contributed by atoms with Gasteiger partial charge in [-0.05, 0) is 38.5 Å². The first-order valence-corrected chi connectivity index (χ1v) is 11.1. The van der Waals surface area contributed by atoms with Crippen molar-refractivity contribution < 1.29 is 28.7 Å². The minimum Gasteiger partial charge on any atom is -0.393 e. The summed E-state index contributed by atoms with van der Waals surface area (Å²) in [7, 11) is 0. The summed E-state index contributed by atoms with van der Waals surface area (Å²) in [6, 6.07) is 0. The number of esters is 4. The minimum absolute atomic E-state index is 0.111. The molecular weight excluding hydrogens is 360 g/mol. The van der Waals surface area contributed by atoms with E-state index in [-0.39, 0.29) is 36.6 Å². The van der Waals surface area contributed by atoms with Gasteiger partial charge in [0, 0.05) is 12.8 Å². The van der Waals surface area contributed by atoms with Crippen LogP contribution >= 0.6 is 0 Å². The minimum atomic E-state index is -0.451. The second kappa shape index (κ2) is 12.7. The first-order chi connectivity index (χ1) is 13.6. The first kappa shape index (κ1) is 22.6. The smallest absolute Gasteiger partial charge is 0.316 e. The molecule has 0 N–H and O–H groups in total. The fourth-order valence-corrected chi connectivity index (χ4v) is 4.06. The first-order valence-electron chi connectivity index (χ1n) is 11.1. The second-order valence-corrected chi connectivity index (χ2v) is 8.17. The highest BCUT2D eigenvalue weighted by molar-refractivity contribution is 5.87. The van der Waals surface area contributed by atoms with Crippen LogP contribution in [-0.2, 0) is 28.7 Å². The molecule has 0 aromatic rings. The van der Waals surface area contributed by atoms with E-state index in [4.69, 9.17) is 9.47 Å². The Kier molecular flexibility index (Phi) is 10.2. The van der Waals surface area contributed by atoms with Crippen molar-refractivity contribution in [3.8, 4) is 0 Å². The Morgan fingerprint density at radius 3 is 1.25 bits per heavy atom. The van der Waals surface area contributed by atoms with Gasteiger partial charge in [-0.1, -0.05) is 51.4 Å². The van der Waals surface area contributed by atoms with Crippen molar-refractivity contribution in [1.29, 1.82) is 0 Å². The van der Waals surface area contributed by atoms with Gasteiger partial charge in [0.2, 0.25) is 0 Å². The summed E-state index contributed by atoms with van der Waals surface area (Å²) in [4.78, 5) is 47.3. The largest absolute Gasteiger partial charge is 0.393 e. The van der Waals surface area contributed by atoms with Crippen LogP contribution < -0.4 is 0 Å². The zero-order chi connectivity index (χ0) is 20.2. The summed E-state index contributed by atoms with van der Waals surface area (Å²) >= 11 is 0. The number of ether oxygens (including phenoxy) is 2. The summed E-state index contributed by atoms with van der Waals surface area (Å²) < 4.78 is 9.89. The maximum atomic E-state index is 11.9. The number of rotatable bonds is 9. The van der Waals surface area contributed by atoms with Crippen molar-refractivity contribution in [2.24, 2.45) is 11.8 Å². The molecule has 2 saturated carbocycles. The van der Waals surface area contributed by atoms with Crippen LogP contribution in [0.25, 0.3) is 0 Å². The van der Waals surface area contributed by atoms with Gasteiger partial charge in [0.1, 0.15) is 0 Å². The molecule has 158 valence electrons. The zero-order valence-corrected chi connectivity index (χ0v) is 16.9. The number of carbonyl (C=O) groups is 4. The lowest BCUT2D eigenvalue weighted by Crippen LogP contribution is -2.23. The second-order valence-electron chi connectivity index (χ2n) is 8.17. The summed E-state index contributed by atoms with van der Waals surface area (Å²) in [5.74, 6) is -1.86. The van der Waals surface area contributed by atoms with Gasteiger partial charge in [-0.15, -0.1) is 0 Å². The Balaban J connectivity index is 1.47. The van der Waals surface area contributed by atoms with Crippen LogP contribution in [0.2, 0.25) is 0 Å². The van der Waals surface area contributed by atoms with Gasteiger partial charge in [-0.2, -0.15) is 0 Å². The molecule has 0 amide bonds. The van der Waals surface area contributed by atoms with E-state index in [9.17, 15) is 19.2 Å². The molecule has 0 saturated heterocycles. The van der Waals surface area contributed by atoms with Crippen LogP contribution in [0.1, 0.15) is 103 Å². The Hall–Kier alpha value is -1.72. The van der Waals surface area contributed by atoms with E-state index in [1.165, 1.54) is 0 Å². The van der Waals surface area contributed by atoms with E-state index in [2.05, 4.69) is 0 Å². The van der Waals surface area contributed by atoms with Crippen LogP contribution in [0.15, 0.2) is 0 Å². The molecule has 0 aromatic carbocycles. The highest BCUT2D eigenvalue weighted by atomic mass is 16.6. The SMILES string of the molecule is O=C(CCCCCCC(=O)OC(=O)C1CCCCC1)OC(=O)C1CCCCC1. The molecule has 0 radical (unpaired) electrons. The zero-order valence-electron chi connectivity index (χ0n) is 16.9. The maximum absolute atomic E-state index is 11.9. The predicted octanol–water partition coefficient (Wildman–Crippen LogP) is 4.63. The lowest BCUT2D eigenvalue weighted by atomic mass is 9.89. The standard InChI is InChI=1S/C22H34O6/c23-19(27-21(25)17-11-5-3-6-12-17)15-9-1-2-10-16-20(24)28-22(26)18-13-7-4-8-14-18/h17-18H,1-16H2. The van der Waals surface area contributed by atoms with Crippen molar-refractivity contribution in [2.45, 2.75) is 103 Å².